The largest absolute Gasteiger partial charge is 0.356 e. The summed E-state index contributed by atoms with van der Waals surface area (Å²) in [6.45, 7) is 10.3. The normalized spacial score (nSPS) is 12.7. The molecule has 150 valence electrons. The van der Waals surface area contributed by atoms with Crippen LogP contribution in [0.4, 0.5) is 8.78 Å². The number of halogens is 3. The lowest BCUT2D eigenvalue weighted by atomic mass is 10.1. The summed E-state index contributed by atoms with van der Waals surface area (Å²) in [5.74, 6) is -0.349. The Balaban J connectivity index is 0.00000625. The number of hydrogen-bond acceptors (Lipinski definition) is 2. The summed E-state index contributed by atoms with van der Waals surface area (Å²) in [6.07, 6.45) is 2.67. The molecule has 4 nitrogen and oxygen atoms in total. The van der Waals surface area contributed by atoms with E-state index in [-0.39, 0.29) is 24.0 Å². The van der Waals surface area contributed by atoms with Crippen LogP contribution >= 0.6 is 24.0 Å². The van der Waals surface area contributed by atoms with Crippen LogP contribution in [0.25, 0.3) is 0 Å². The molecule has 1 aromatic carbocycles. The summed E-state index contributed by atoms with van der Waals surface area (Å²) in [6, 6.07) is 3.99. The van der Waals surface area contributed by atoms with Gasteiger partial charge in [-0.05, 0) is 57.5 Å². The topological polar surface area (TPSA) is 39.7 Å². The highest BCUT2D eigenvalue weighted by Gasteiger charge is 2.08. The smallest absolute Gasteiger partial charge is 0.191 e. The highest BCUT2D eigenvalue weighted by molar-refractivity contribution is 14.0. The summed E-state index contributed by atoms with van der Waals surface area (Å²) in [5, 5.41) is 6.53. The summed E-state index contributed by atoms with van der Waals surface area (Å²) >= 11 is 0. The number of guanidine groups is 1. The van der Waals surface area contributed by atoms with Crippen LogP contribution in [-0.2, 0) is 6.42 Å². The van der Waals surface area contributed by atoms with Gasteiger partial charge in [-0.15, -0.1) is 24.0 Å². The highest BCUT2D eigenvalue weighted by Crippen LogP contribution is 2.09. The molecule has 0 heterocycles. The Morgan fingerprint density at radius 3 is 2.50 bits per heavy atom. The van der Waals surface area contributed by atoms with Crippen molar-refractivity contribution in [2.75, 3.05) is 33.2 Å². The number of nitrogens with zero attached hydrogens (tertiary/aromatic N) is 2. The third-order valence-electron chi connectivity index (χ3n) is 4.31. The summed E-state index contributed by atoms with van der Waals surface area (Å²) < 4.78 is 26.5. The first-order chi connectivity index (χ1) is 12.0. The quantitative estimate of drug-likeness (QED) is 0.303. The van der Waals surface area contributed by atoms with E-state index in [0.29, 0.717) is 30.5 Å². The van der Waals surface area contributed by atoms with Crippen molar-refractivity contribution in [1.82, 2.24) is 15.5 Å². The molecule has 0 amide bonds. The molecule has 26 heavy (non-hydrogen) atoms. The first-order valence-electron chi connectivity index (χ1n) is 9.13. The van der Waals surface area contributed by atoms with Crippen LogP contribution in [0, 0.1) is 11.6 Å². The Morgan fingerprint density at radius 1 is 1.23 bits per heavy atom. The Hall–Kier alpha value is -0.960. The minimum Gasteiger partial charge on any atom is -0.356 e. The van der Waals surface area contributed by atoms with Crippen molar-refractivity contribution in [2.45, 2.75) is 46.1 Å². The van der Waals surface area contributed by atoms with Gasteiger partial charge in [0, 0.05) is 25.7 Å². The molecular formula is C19H33F2IN4. The van der Waals surface area contributed by atoms with E-state index in [1.165, 1.54) is 12.1 Å². The van der Waals surface area contributed by atoms with Crippen molar-refractivity contribution < 1.29 is 8.78 Å². The van der Waals surface area contributed by atoms with E-state index in [0.717, 1.165) is 38.5 Å². The molecule has 2 N–H and O–H groups in total. The van der Waals surface area contributed by atoms with Gasteiger partial charge in [0.1, 0.15) is 11.6 Å². The number of aliphatic imine (C=N–C) groups is 1. The fraction of sp³-hybridized carbons (Fsp3) is 0.632. The molecular weight excluding hydrogens is 449 g/mol. The molecule has 0 spiro atoms. The number of benzene rings is 1. The van der Waals surface area contributed by atoms with E-state index in [1.807, 2.05) is 0 Å². The van der Waals surface area contributed by atoms with Crippen LogP contribution in [0.3, 0.4) is 0 Å². The van der Waals surface area contributed by atoms with E-state index >= 15 is 0 Å². The number of rotatable bonds is 10. The summed E-state index contributed by atoms with van der Waals surface area (Å²) in [7, 11) is 1.72. The van der Waals surface area contributed by atoms with Crippen molar-refractivity contribution in [2.24, 2.45) is 4.99 Å². The van der Waals surface area contributed by atoms with Crippen molar-refractivity contribution >= 4 is 29.9 Å². The standard InChI is InChI=1S/C19H32F2N4.HI/c1-5-25(6-2)13-7-8-15(3)24-19(22-4)23-12-11-16-9-10-17(20)14-18(16)21;/h9-10,14-15H,5-8,11-13H2,1-4H3,(H2,22,23,24);1H. The Labute approximate surface area is 173 Å². The zero-order valence-corrected chi connectivity index (χ0v) is 18.6. The number of hydrogen-bond donors (Lipinski definition) is 2. The lowest BCUT2D eigenvalue weighted by Gasteiger charge is -2.21. The van der Waals surface area contributed by atoms with Gasteiger partial charge < -0.3 is 15.5 Å². The molecule has 1 aromatic rings. The molecule has 0 radical (unpaired) electrons. The van der Waals surface area contributed by atoms with Gasteiger partial charge in [-0.25, -0.2) is 8.78 Å². The molecule has 0 aliphatic heterocycles. The lowest BCUT2D eigenvalue weighted by molar-refractivity contribution is 0.292. The van der Waals surface area contributed by atoms with Crippen LogP contribution in [-0.4, -0.2) is 50.1 Å². The second kappa shape index (κ2) is 14.1. The van der Waals surface area contributed by atoms with Gasteiger partial charge in [-0.2, -0.15) is 0 Å². The van der Waals surface area contributed by atoms with Crippen molar-refractivity contribution in [1.29, 1.82) is 0 Å². The van der Waals surface area contributed by atoms with Gasteiger partial charge in [-0.1, -0.05) is 19.9 Å². The fourth-order valence-electron chi connectivity index (χ4n) is 2.70. The maximum Gasteiger partial charge on any atom is 0.191 e. The molecule has 0 saturated heterocycles. The molecule has 1 unspecified atom stereocenters. The Morgan fingerprint density at radius 2 is 1.92 bits per heavy atom. The third-order valence-corrected chi connectivity index (χ3v) is 4.31. The average molecular weight is 482 g/mol. The third kappa shape index (κ3) is 9.66. The van der Waals surface area contributed by atoms with E-state index < -0.39 is 11.6 Å². The zero-order chi connectivity index (χ0) is 18.7. The molecule has 0 fully saturated rings. The van der Waals surface area contributed by atoms with Crippen LogP contribution in [0.15, 0.2) is 23.2 Å². The van der Waals surface area contributed by atoms with Crippen LogP contribution < -0.4 is 10.6 Å². The van der Waals surface area contributed by atoms with Crippen molar-refractivity contribution in [3.63, 3.8) is 0 Å². The van der Waals surface area contributed by atoms with Crippen molar-refractivity contribution in [3.05, 3.63) is 35.4 Å². The van der Waals surface area contributed by atoms with E-state index in [9.17, 15) is 8.78 Å². The second-order valence-corrected chi connectivity index (χ2v) is 6.20. The minimum absolute atomic E-state index is 0. The van der Waals surface area contributed by atoms with E-state index in [4.69, 9.17) is 0 Å². The van der Waals surface area contributed by atoms with Gasteiger partial charge in [-0.3, -0.25) is 4.99 Å². The fourth-order valence-corrected chi connectivity index (χ4v) is 2.70. The zero-order valence-electron chi connectivity index (χ0n) is 16.3. The van der Waals surface area contributed by atoms with Crippen LogP contribution in [0.1, 0.15) is 39.2 Å². The monoisotopic (exact) mass is 482 g/mol. The van der Waals surface area contributed by atoms with Crippen LogP contribution in [0.2, 0.25) is 0 Å². The van der Waals surface area contributed by atoms with Gasteiger partial charge >= 0.3 is 0 Å². The summed E-state index contributed by atoms with van der Waals surface area (Å²) in [4.78, 5) is 6.62. The SMILES string of the molecule is CCN(CC)CCCC(C)NC(=NC)NCCc1ccc(F)cc1F.I. The van der Waals surface area contributed by atoms with Gasteiger partial charge in [0.15, 0.2) is 5.96 Å². The molecule has 0 saturated carbocycles. The van der Waals surface area contributed by atoms with Gasteiger partial charge in [0.2, 0.25) is 0 Å². The van der Waals surface area contributed by atoms with Gasteiger partial charge in [0.25, 0.3) is 0 Å². The molecule has 0 aliphatic rings. The highest BCUT2D eigenvalue weighted by atomic mass is 127. The predicted molar refractivity (Wildman–Crippen MR) is 116 cm³/mol. The first kappa shape index (κ1) is 25.0. The second-order valence-electron chi connectivity index (χ2n) is 6.20. The molecule has 0 aromatic heterocycles. The molecule has 1 atom stereocenters. The number of nitrogens with one attached hydrogen (secondary N) is 2. The lowest BCUT2D eigenvalue weighted by Crippen LogP contribution is -2.43. The van der Waals surface area contributed by atoms with E-state index in [2.05, 4.69) is 41.3 Å². The summed E-state index contributed by atoms with van der Waals surface area (Å²) in [5.41, 5.74) is 0.497. The van der Waals surface area contributed by atoms with Gasteiger partial charge in [0.05, 0.1) is 0 Å². The molecule has 7 heteroatoms. The molecule has 0 aliphatic carbocycles. The molecule has 1 rings (SSSR count). The minimum atomic E-state index is -0.551. The Kier molecular flexibility index (Phi) is 13.6. The predicted octanol–water partition coefficient (Wildman–Crippen LogP) is 3.80. The van der Waals surface area contributed by atoms with Crippen molar-refractivity contribution in [3.8, 4) is 0 Å². The molecule has 0 bridgehead atoms. The average Bonchev–Trinajstić information content (AvgIpc) is 2.59. The first-order valence-corrected chi connectivity index (χ1v) is 9.13. The van der Waals surface area contributed by atoms with E-state index in [1.54, 1.807) is 7.05 Å². The Bertz CT molecular complexity index is 536. The maximum absolute atomic E-state index is 13.6. The maximum atomic E-state index is 13.6. The van der Waals surface area contributed by atoms with Crippen LogP contribution in [0.5, 0.6) is 0 Å².